The topological polar surface area (TPSA) is 61.8 Å². The van der Waals surface area contributed by atoms with Crippen LogP contribution in [0.15, 0.2) is 24.3 Å². The molecule has 2 N–H and O–H groups in total. The average molecular weight is 332 g/mol. The fraction of sp³-hybridized carbons (Fsp3) is 0.533. The van der Waals surface area contributed by atoms with Crippen molar-refractivity contribution in [1.82, 2.24) is 10.2 Å². The Morgan fingerprint density at radius 3 is 2.83 bits per heavy atom. The summed E-state index contributed by atoms with van der Waals surface area (Å²) in [6, 6.07) is 7.57. The summed E-state index contributed by atoms with van der Waals surface area (Å²) in [6.07, 6.45) is -6.65. The van der Waals surface area contributed by atoms with Crippen LogP contribution in [0.2, 0.25) is 0 Å². The van der Waals surface area contributed by atoms with E-state index in [9.17, 15) is 18.0 Å². The van der Waals surface area contributed by atoms with E-state index >= 15 is 0 Å². The first kappa shape index (κ1) is 17.6. The van der Waals surface area contributed by atoms with E-state index in [4.69, 9.17) is 9.84 Å². The SMILES string of the molecule is CN(CC(=O)NCC1Cc2ccccc2O1)CC(O)C(F)(F)F. The van der Waals surface area contributed by atoms with E-state index in [2.05, 4.69) is 5.32 Å². The van der Waals surface area contributed by atoms with Crippen LogP contribution in [0.1, 0.15) is 5.56 Å². The molecule has 23 heavy (non-hydrogen) atoms. The first-order valence-electron chi connectivity index (χ1n) is 7.20. The number of amides is 1. The number of rotatable bonds is 6. The molecule has 1 aromatic rings. The van der Waals surface area contributed by atoms with Crippen LogP contribution >= 0.6 is 0 Å². The smallest absolute Gasteiger partial charge is 0.415 e. The van der Waals surface area contributed by atoms with Crippen LogP contribution < -0.4 is 10.1 Å². The largest absolute Gasteiger partial charge is 0.488 e. The number of nitrogens with one attached hydrogen (secondary N) is 1. The molecule has 0 bridgehead atoms. The number of para-hydroxylation sites is 1. The number of fused-ring (bicyclic) bond motifs is 1. The zero-order valence-electron chi connectivity index (χ0n) is 12.6. The van der Waals surface area contributed by atoms with Crippen molar-refractivity contribution < 1.29 is 27.8 Å². The van der Waals surface area contributed by atoms with Gasteiger partial charge < -0.3 is 15.2 Å². The third-order valence-electron chi connectivity index (χ3n) is 3.52. The summed E-state index contributed by atoms with van der Waals surface area (Å²) in [5.74, 6) is 0.374. The van der Waals surface area contributed by atoms with E-state index in [0.29, 0.717) is 6.42 Å². The molecule has 8 heteroatoms. The van der Waals surface area contributed by atoms with Crippen molar-refractivity contribution in [2.24, 2.45) is 0 Å². The highest BCUT2D eigenvalue weighted by Crippen LogP contribution is 2.27. The Kier molecular flexibility index (Phi) is 5.48. The summed E-state index contributed by atoms with van der Waals surface area (Å²) in [6.45, 7) is -0.599. The second-order valence-electron chi connectivity index (χ2n) is 5.61. The summed E-state index contributed by atoms with van der Waals surface area (Å²) in [5.41, 5.74) is 1.07. The Bertz CT molecular complexity index is 526. The fourth-order valence-electron chi connectivity index (χ4n) is 2.36. The molecule has 2 atom stereocenters. The molecule has 1 aromatic carbocycles. The van der Waals surface area contributed by atoms with Gasteiger partial charge in [0.2, 0.25) is 5.91 Å². The zero-order valence-corrected chi connectivity index (χ0v) is 12.6. The van der Waals surface area contributed by atoms with Crippen molar-refractivity contribution in [2.75, 3.05) is 26.7 Å². The molecule has 128 valence electrons. The molecule has 0 radical (unpaired) electrons. The molecule has 5 nitrogen and oxygen atoms in total. The van der Waals surface area contributed by atoms with Crippen LogP contribution in [0.5, 0.6) is 5.75 Å². The van der Waals surface area contributed by atoms with E-state index in [-0.39, 0.29) is 19.2 Å². The average Bonchev–Trinajstić information content (AvgIpc) is 2.86. The number of hydrogen-bond acceptors (Lipinski definition) is 4. The number of hydrogen-bond donors (Lipinski definition) is 2. The van der Waals surface area contributed by atoms with Crippen molar-refractivity contribution in [3.05, 3.63) is 29.8 Å². The third-order valence-corrected chi connectivity index (χ3v) is 3.52. The molecular formula is C15H19F3N2O3. The molecule has 0 spiro atoms. The number of ether oxygens (including phenoxy) is 1. The van der Waals surface area contributed by atoms with E-state index in [1.807, 2.05) is 24.3 Å². The van der Waals surface area contributed by atoms with Crippen molar-refractivity contribution in [1.29, 1.82) is 0 Å². The molecule has 1 aliphatic heterocycles. The van der Waals surface area contributed by atoms with Gasteiger partial charge in [-0.2, -0.15) is 13.2 Å². The van der Waals surface area contributed by atoms with Gasteiger partial charge >= 0.3 is 6.18 Å². The van der Waals surface area contributed by atoms with Gasteiger partial charge in [0.1, 0.15) is 11.9 Å². The Morgan fingerprint density at radius 1 is 1.48 bits per heavy atom. The monoisotopic (exact) mass is 332 g/mol. The third kappa shape index (κ3) is 5.11. The molecular weight excluding hydrogens is 313 g/mol. The maximum Gasteiger partial charge on any atom is 0.415 e. The lowest BCUT2D eigenvalue weighted by atomic mass is 10.1. The Labute approximate surface area is 132 Å². The van der Waals surface area contributed by atoms with Crippen molar-refractivity contribution in [3.8, 4) is 5.75 Å². The standard InChI is InChI=1S/C15H19F3N2O3/c1-20(8-13(21)15(16,17)18)9-14(22)19-7-11-6-10-4-2-3-5-12(10)23-11/h2-5,11,13,21H,6-9H2,1H3,(H,19,22). The second-order valence-corrected chi connectivity index (χ2v) is 5.61. The van der Waals surface area contributed by atoms with Gasteiger partial charge in [-0.15, -0.1) is 0 Å². The van der Waals surface area contributed by atoms with Gasteiger partial charge in [0.25, 0.3) is 0 Å². The lowest BCUT2D eigenvalue weighted by molar-refractivity contribution is -0.207. The highest BCUT2D eigenvalue weighted by atomic mass is 19.4. The summed E-state index contributed by atoms with van der Waals surface area (Å²) in [4.78, 5) is 12.9. The zero-order chi connectivity index (χ0) is 17.0. The van der Waals surface area contributed by atoms with E-state index in [0.717, 1.165) is 16.2 Å². The number of aliphatic hydroxyl groups is 1. The van der Waals surface area contributed by atoms with Gasteiger partial charge in [-0.3, -0.25) is 9.69 Å². The van der Waals surface area contributed by atoms with Gasteiger partial charge in [0.05, 0.1) is 13.1 Å². The number of halogens is 3. The van der Waals surface area contributed by atoms with E-state index < -0.39 is 24.7 Å². The van der Waals surface area contributed by atoms with Crippen LogP contribution in [0, 0.1) is 0 Å². The molecule has 1 heterocycles. The minimum absolute atomic E-state index is 0.178. The number of aliphatic hydroxyl groups excluding tert-OH is 1. The summed E-state index contributed by atoms with van der Waals surface area (Å²) >= 11 is 0. The summed E-state index contributed by atoms with van der Waals surface area (Å²) in [7, 11) is 1.34. The molecule has 0 aromatic heterocycles. The molecule has 1 amide bonds. The van der Waals surface area contributed by atoms with E-state index in [1.54, 1.807) is 0 Å². The van der Waals surface area contributed by atoms with Crippen molar-refractivity contribution in [2.45, 2.75) is 24.8 Å². The lowest BCUT2D eigenvalue weighted by Gasteiger charge is -2.22. The number of carbonyl (C=O) groups is 1. The predicted octanol–water partition coefficient (Wildman–Crippen LogP) is 0.961. The first-order valence-corrected chi connectivity index (χ1v) is 7.20. The molecule has 0 fully saturated rings. The molecule has 2 unspecified atom stereocenters. The molecule has 2 rings (SSSR count). The number of benzene rings is 1. The summed E-state index contributed by atoms with van der Waals surface area (Å²) < 4.78 is 42.4. The van der Waals surface area contributed by atoms with Crippen LogP contribution in [-0.2, 0) is 11.2 Å². The minimum atomic E-state index is -4.69. The Hall–Kier alpha value is -1.80. The number of alkyl halides is 3. The number of likely N-dealkylation sites (N-methyl/N-ethyl adjacent to an activating group) is 1. The normalized spacial score (nSPS) is 18.4. The van der Waals surface area contributed by atoms with Gasteiger partial charge in [0.15, 0.2) is 6.10 Å². The van der Waals surface area contributed by atoms with Crippen LogP contribution in [0.25, 0.3) is 0 Å². The van der Waals surface area contributed by atoms with Gasteiger partial charge in [0, 0.05) is 13.0 Å². The van der Waals surface area contributed by atoms with Gasteiger partial charge in [-0.05, 0) is 18.7 Å². The highest BCUT2D eigenvalue weighted by molar-refractivity contribution is 5.78. The Morgan fingerprint density at radius 2 is 2.17 bits per heavy atom. The predicted molar refractivity (Wildman–Crippen MR) is 77.1 cm³/mol. The lowest BCUT2D eigenvalue weighted by Crippen LogP contribution is -2.44. The highest BCUT2D eigenvalue weighted by Gasteiger charge is 2.38. The molecule has 0 aliphatic carbocycles. The second kappa shape index (κ2) is 7.18. The Balaban J connectivity index is 1.70. The molecule has 1 aliphatic rings. The summed E-state index contributed by atoms with van der Waals surface area (Å²) in [5, 5.41) is 11.6. The molecule has 0 saturated heterocycles. The van der Waals surface area contributed by atoms with Crippen LogP contribution in [0.3, 0.4) is 0 Å². The first-order chi connectivity index (χ1) is 10.8. The van der Waals surface area contributed by atoms with Crippen LogP contribution in [-0.4, -0.2) is 61.0 Å². The van der Waals surface area contributed by atoms with Crippen molar-refractivity contribution in [3.63, 3.8) is 0 Å². The maximum atomic E-state index is 12.2. The number of nitrogens with zero attached hydrogens (tertiary/aromatic N) is 1. The van der Waals surface area contributed by atoms with Crippen LogP contribution in [0.4, 0.5) is 13.2 Å². The van der Waals surface area contributed by atoms with Gasteiger partial charge in [-0.1, -0.05) is 18.2 Å². The van der Waals surface area contributed by atoms with Crippen molar-refractivity contribution >= 4 is 5.91 Å². The molecule has 0 saturated carbocycles. The van der Waals surface area contributed by atoms with Gasteiger partial charge in [-0.25, -0.2) is 0 Å². The fourth-order valence-corrected chi connectivity index (χ4v) is 2.36. The van der Waals surface area contributed by atoms with E-state index in [1.165, 1.54) is 7.05 Å². The maximum absolute atomic E-state index is 12.2. The number of carbonyl (C=O) groups excluding carboxylic acids is 1. The minimum Gasteiger partial charge on any atom is -0.488 e. The quantitative estimate of drug-likeness (QED) is 0.815.